The van der Waals surface area contributed by atoms with Crippen molar-refractivity contribution in [2.24, 2.45) is 4.99 Å². The molecular formula is C21H29N5O5S. The van der Waals surface area contributed by atoms with E-state index >= 15 is 0 Å². The summed E-state index contributed by atoms with van der Waals surface area (Å²) < 4.78 is 13.5. The Balaban J connectivity index is 1.77. The van der Waals surface area contributed by atoms with Crippen LogP contribution < -0.4 is 16.6 Å². The van der Waals surface area contributed by atoms with Crippen LogP contribution in [-0.2, 0) is 22.6 Å². The highest BCUT2D eigenvalue weighted by atomic mass is 32.1. The lowest BCUT2D eigenvalue weighted by Crippen LogP contribution is -2.42. The summed E-state index contributed by atoms with van der Waals surface area (Å²) in [5.74, 6) is 0.449. The molecule has 32 heavy (non-hydrogen) atoms. The second-order valence-corrected chi connectivity index (χ2v) is 9.45. The molecule has 0 spiro atoms. The minimum atomic E-state index is -0.575. The largest absolute Gasteiger partial charge is 0.453 e. The Bertz CT molecular complexity index is 1170. The van der Waals surface area contributed by atoms with Crippen molar-refractivity contribution >= 4 is 33.6 Å². The Kier molecular flexibility index (Phi) is 6.38. The number of rotatable bonds is 5. The van der Waals surface area contributed by atoms with Gasteiger partial charge in [-0.3, -0.25) is 24.2 Å². The van der Waals surface area contributed by atoms with Crippen molar-refractivity contribution in [1.82, 2.24) is 19.4 Å². The summed E-state index contributed by atoms with van der Waals surface area (Å²) in [6.07, 6.45) is 1.28. The van der Waals surface area contributed by atoms with Crippen LogP contribution in [0.15, 0.2) is 14.6 Å². The number of carbonyl (C=O) groups is 1. The van der Waals surface area contributed by atoms with E-state index < -0.39 is 6.09 Å². The molecule has 1 fully saturated rings. The highest BCUT2D eigenvalue weighted by Crippen LogP contribution is 2.30. The predicted molar refractivity (Wildman–Crippen MR) is 123 cm³/mol. The van der Waals surface area contributed by atoms with Gasteiger partial charge in [-0.1, -0.05) is 0 Å². The first kappa shape index (κ1) is 22.5. The van der Waals surface area contributed by atoms with Crippen LogP contribution in [0.2, 0.25) is 0 Å². The summed E-state index contributed by atoms with van der Waals surface area (Å²) in [6, 6.07) is -0.250. The van der Waals surface area contributed by atoms with Crippen molar-refractivity contribution in [3.05, 3.63) is 31.3 Å². The van der Waals surface area contributed by atoms with E-state index in [2.05, 4.69) is 15.0 Å². The summed E-state index contributed by atoms with van der Waals surface area (Å²) in [5, 5.41) is 3.22. The Morgan fingerprint density at radius 2 is 2.16 bits per heavy atom. The fourth-order valence-electron chi connectivity index (χ4n) is 4.24. The van der Waals surface area contributed by atoms with E-state index in [1.165, 1.54) is 23.0 Å². The molecule has 2 aliphatic rings. The molecule has 1 amide bonds. The number of nitrogens with one attached hydrogen (secondary N) is 1. The number of hydrogen-bond donors (Lipinski definition) is 1. The molecule has 4 heterocycles. The minimum absolute atomic E-state index is 0.0264. The molecule has 1 N–H and O–H groups in total. The number of aliphatic imine (C=N–C) groups is 1. The molecule has 4 rings (SSSR count). The van der Waals surface area contributed by atoms with Crippen LogP contribution >= 0.6 is 11.3 Å². The van der Waals surface area contributed by atoms with Crippen molar-refractivity contribution < 1.29 is 14.3 Å². The van der Waals surface area contributed by atoms with Gasteiger partial charge in [0, 0.05) is 24.1 Å². The third-order valence-electron chi connectivity index (χ3n) is 5.93. The SMILES string of the molecule is COC(=O)NC1=NCCN1Cc1sc2c(c1C)c(=O)n(C(C)C)c(=O)n2CC1CCCO1. The van der Waals surface area contributed by atoms with Gasteiger partial charge in [-0.15, -0.1) is 11.3 Å². The molecule has 0 bridgehead atoms. The standard InChI is InChI=1S/C21H29N5O5S/c1-12(2)26-17(27)16-13(3)15(11-24-8-7-22-19(24)23-20(28)30-4)32-18(16)25(21(26)29)10-14-6-5-9-31-14/h12,14H,5-11H2,1-4H3,(H,22,23,28). The molecule has 0 radical (unpaired) electrons. The third-order valence-corrected chi connectivity index (χ3v) is 7.23. The highest BCUT2D eigenvalue weighted by Gasteiger charge is 2.26. The molecule has 2 aliphatic heterocycles. The van der Waals surface area contributed by atoms with Crippen LogP contribution in [0.3, 0.4) is 0 Å². The Morgan fingerprint density at radius 1 is 1.38 bits per heavy atom. The Morgan fingerprint density at radius 3 is 2.81 bits per heavy atom. The van der Waals surface area contributed by atoms with E-state index in [9.17, 15) is 14.4 Å². The van der Waals surface area contributed by atoms with Crippen molar-refractivity contribution in [2.45, 2.75) is 58.8 Å². The average Bonchev–Trinajstić information content (AvgIpc) is 3.47. The quantitative estimate of drug-likeness (QED) is 0.725. The predicted octanol–water partition coefficient (Wildman–Crippen LogP) is 1.82. The van der Waals surface area contributed by atoms with Crippen LogP contribution in [-0.4, -0.2) is 59.0 Å². The number of guanidine groups is 1. The van der Waals surface area contributed by atoms with Gasteiger partial charge in [-0.05, 0) is 39.2 Å². The van der Waals surface area contributed by atoms with Gasteiger partial charge < -0.3 is 14.4 Å². The molecule has 0 aromatic carbocycles. The molecule has 1 atom stereocenters. The monoisotopic (exact) mass is 463 g/mol. The normalized spacial score (nSPS) is 18.6. The number of nitrogens with zero attached hydrogens (tertiary/aromatic N) is 4. The van der Waals surface area contributed by atoms with Crippen molar-refractivity contribution in [1.29, 1.82) is 0 Å². The lowest BCUT2D eigenvalue weighted by atomic mass is 10.2. The van der Waals surface area contributed by atoms with Crippen LogP contribution in [0.5, 0.6) is 0 Å². The Hall–Kier alpha value is -2.66. The number of alkyl carbamates (subject to hydrolysis) is 1. The minimum Gasteiger partial charge on any atom is -0.453 e. The van der Waals surface area contributed by atoms with Crippen molar-refractivity contribution in [2.75, 3.05) is 26.8 Å². The molecular weight excluding hydrogens is 434 g/mol. The number of aryl methyl sites for hydroxylation is 1. The van der Waals surface area contributed by atoms with Crippen LogP contribution in [0, 0.1) is 6.92 Å². The molecule has 2 aromatic rings. The maximum absolute atomic E-state index is 13.3. The summed E-state index contributed by atoms with van der Waals surface area (Å²) in [7, 11) is 1.30. The molecule has 11 heteroatoms. The lowest BCUT2D eigenvalue weighted by Gasteiger charge is -2.19. The first-order chi connectivity index (χ1) is 15.3. The van der Waals surface area contributed by atoms with Crippen LogP contribution in [0.4, 0.5) is 4.79 Å². The number of methoxy groups -OCH3 is 1. The zero-order chi connectivity index (χ0) is 23.0. The Labute approximate surface area is 189 Å². The average molecular weight is 464 g/mol. The maximum atomic E-state index is 13.3. The first-order valence-electron chi connectivity index (χ1n) is 10.8. The van der Waals surface area contributed by atoms with E-state index in [1.54, 1.807) is 4.57 Å². The van der Waals surface area contributed by atoms with E-state index in [1.807, 2.05) is 25.7 Å². The number of hydrogen-bond acceptors (Lipinski definition) is 8. The van der Waals surface area contributed by atoms with Crippen LogP contribution in [0.1, 0.15) is 43.2 Å². The topological polar surface area (TPSA) is 107 Å². The van der Waals surface area contributed by atoms with E-state index in [4.69, 9.17) is 4.74 Å². The number of fused-ring (bicyclic) bond motifs is 1. The molecule has 0 aliphatic carbocycles. The second-order valence-electron chi connectivity index (χ2n) is 8.37. The van der Waals surface area contributed by atoms with Gasteiger partial charge in [-0.2, -0.15) is 0 Å². The molecule has 1 unspecified atom stereocenters. The van der Waals surface area contributed by atoms with Crippen LogP contribution in [0.25, 0.3) is 10.2 Å². The van der Waals surface area contributed by atoms with Gasteiger partial charge in [0.15, 0.2) is 0 Å². The molecule has 1 saturated heterocycles. The fraction of sp³-hybridized carbons (Fsp3) is 0.619. The lowest BCUT2D eigenvalue weighted by molar-refractivity contribution is 0.0965. The van der Waals surface area contributed by atoms with E-state index in [-0.39, 0.29) is 23.4 Å². The van der Waals surface area contributed by atoms with Gasteiger partial charge in [0.2, 0.25) is 5.96 Å². The van der Waals surface area contributed by atoms with Gasteiger partial charge in [0.1, 0.15) is 4.83 Å². The zero-order valence-electron chi connectivity index (χ0n) is 18.8. The molecule has 10 nitrogen and oxygen atoms in total. The summed E-state index contributed by atoms with van der Waals surface area (Å²) in [5.41, 5.74) is 0.304. The summed E-state index contributed by atoms with van der Waals surface area (Å²) in [6.45, 7) is 8.43. The van der Waals surface area contributed by atoms with Crippen molar-refractivity contribution in [3.8, 4) is 0 Å². The highest BCUT2D eigenvalue weighted by molar-refractivity contribution is 7.18. The molecule has 174 valence electrons. The van der Waals surface area contributed by atoms with E-state index in [0.29, 0.717) is 49.0 Å². The van der Waals surface area contributed by atoms with Gasteiger partial charge >= 0.3 is 11.8 Å². The number of aromatic nitrogens is 2. The van der Waals surface area contributed by atoms with E-state index in [0.717, 1.165) is 23.3 Å². The third kappa shape index (κ3) is 4.06. The molecule has 2 aromatic heterocycles. The zero-order valence-corrected chi connectivity index (χ0v) is 19.7. The maximum Gasteiger partial charge on any atom is 0.413 e. The van der Waals surface area contributed by atoms with Crippen molar-refractivity contribution in [3.63, 3.8) is 0 Å². The van der Waals surface area contributed by atoms with Gasteiger partial charge in [-0.25, -0.2) is 9.59 Å². The van der Waals surface area contributed by atoms with Gasteiger partial charge in [0.25, 0.3) is 5.56 Å². The fourth-order valence-corrected chi connectivity index (χ4v) is 5.55. The first-order valence-corrected chi connectivity index (χ1v) is 11.7. The van der Waals surface area contributed by atoms with Gasteiger partial charge in [0.05, 0.1) is 38.2 Å². The number of amides is 1. The number of carbonyl (C=O) groups excluding carboxylic acids is 1. The number of thiophene rings is 1. The molecule has 0 saturated carbocycles. The number of ether oxygens (including phenoxy) is 2. The smallest absolute Gasteiger partial charge is 0.413 e. The summed E-state index contributed by atoms with van der Waals surface area (Å²) >= 11 is 1.45. The summed E-state index contributed by atoms with van der Waals surface area (Å²) in [4.78, 5) is 46.2. The second kappa shape index (κ2) is 9.07.